The first-order valence-electron chi connectivity index (χ1n) is 8.06. The Balaban J connectivity index is 1.62. The van der Waals surface area contributed by atoms with E-state index >= 15 is 0 Å². The van der Waals surface area contributed by atoms with Crippen LogP contribution in [0.1, 0.15) is 5.56 Å². The van der Waals surface area contributed by atoms with E-state index in [9.17, 15) is 0 Å². The van der Waals surface area contributed by atoms with Gasteiger partial charge in [0.1, 0.15) is 17.9 Å². The van der Waals surface area contributed by atoms with Crippen LogP contribution in [0.3, 0.4) is 0 Å². The van der Waals surface area contributed by atoms with Crippen molar-refractivity contribution in [2.45, 2.75) is 6.54 Å². The van der Waals surface area contributed by atoms with Gasteiger partial charge in [-0.1, -0.05) is 18.2 Å². The number of ether oxygens (including phenoxy) is 1. The molecule has 0 amide bonds. The van der Waals surface area contributed by atoms with Crippen molar-refractivity contribution in [1.29, 1.82) is 0 Å². The summed E-state index contributed by atoms with van der Waals surface area (Å²) in [6, 6.07) is 16.1. The summed E-state index contributed by atoms with van der Waals surface area (Å²) in [6.07, 6.45) is 3.36. The normalized spacial score (nSPS) is 10.8. The van der Waals surface area contributed by atoms with Crippen molar-refractivity contribution in [2.24, 2.45) is 0 Å². The van der Waals surface area contributed by atoms with Crippen LogP contribution in [-0.4, -0.2) is 26.9 Å². The second-order valence-electron chi connectivity index (χ2n) is 5.70. The Kier molecular flexibility index (Phi) is 4.70. The quantitative estimate of drug-likeness (QED) is 0.459. The van der Waals surface area contributed by atoms with Crippen molar-refractivity contribution in [2.75, 3.05) is 12.4 Å². The van der Waals surface area contributed by atoms with Gasteiger partial charge < -0.3 is 10.1 Å². The molecule has 0 bridgehead atoms. The van der Waals surface area contributed by atoms with Crippen molar-refractivity contribution < 1.29 is 4.74 Å². The lowest BCUT2D eigenvalue weighted by molar-refractivity contribution is 0.414. The minimum Gasteiger partial charge on any atom is -0.497 e. The predicted molar refractivity (Wildman–Crippen MR) is 110 cm³/mol. The standard InChI is InChI=1S/C19H16IN5O/c1-26-16-7-5-13(6-8-16)10-21-18-17-11-24-25(19(17)23-12-22-18)15-4-2-3-14(20)9-15/h2-9,11-12H,10H2,1H3,(H,21,22,23). The molecule has 0 unspecified atom stereocenters. The predicted octanol–water partition coefficient (Wildman–Crippen LogP) is 4.04. The molecule has 0 aliphatic carbocycles. The van der Waals surface area contributed by atoms with Crippen LogP contribution < -0.4 is 10.1 Å². The van der Waals surface area contributed by atoms with Gasteiger partial charge in [-0.3, -0.25) is 0 Å². The van der Waals surface area contributed by atoms with Crippen molar-refractivity contribution in [3.05, 3.63) is 70.2 Å². The molecule has 2 aromatic heterocycles. The van der Waals surface area contributed by atoms with Crippen molar-refractivity contribution in [3.63, 3.8) is 0 Å². The van der Waals surface area contributed by atoms with Gasteiger partial charge in [0.25, 0.3) is 0 Å². The lowest BCUT2D eigenvalue weighted by Gasteiger charge is -2.08. The molecule has 2 aromatic carbocycles. The number of halogens is 1. The number of hydrogen-bond donors (Lipinski definition) is 1. The average molecular weight is 457 g/mol. The summed E-state index contributed by atoms with van der Waals surface area (Å²) in [6.45, 7) is 0.657. The Morgan fingerprint density at radius 2 is 1.96 bits per heavy atom. The molecule has 2 heterocycles. The van der Waals surface area contributed by atoms with E-state index in [2.05, 4.69) is 49.0 Å². The van der Waals surface area contributed by atoms with Crippen LogP contribution in [0.5, 0.6) is 5.75 Å². The van der Waals surface area contributed by atoms with E-state index < -0.39 is 0 Å². The zero-order chi connectivity index (χ0) is 17.9. The number of anilines is 1. The number of methoxy groups -OCH3 is 1. The van der Waals surface area contributed by atoms with Gasteiger partial charge in [0.15, 0.2) is 5.65 Å². The number of hydrogen-bond acceptors (Lipinski definition) is 5. The van der Waals surface area contributed by atoms with Crippen LogP contribution >= 0.6 is 22.6 Å². The summed E-state index contributed by atoms with van der Waals surface area (Å²) in [5.74, 6) is 1.61. The van der Waals surface area contributed by atoms with E-state index in [1.807, 2.05) is 47.1 Å². The third kappa shape index (κ3) is 3.34. The summed E-state index contributed by atoms with van der Waals surface area (Å²) in [5, 5.41) is 8.76. The highest BCUT2D eigenvalue weighted by molar-refractivity contribution is 14.1. The molecule has 0 aliphatic heterocycles. The van der Waals surface area contributed by atoms with Crippen LogP contribution in [0.4, 0.5) is 5.82 Å². The molecule has 26 heavy (non-hydrogen) atoms. The molecule has 0 aliphatic rings. The van der Waals surface area contributed by atoms with Crippen molar-refractivity contribution in [1.82, 2.24) is 19.7 Å². The minimum atomic E-state index is 0.657. The first-order chi connectivity index (χ1) is 12.7. The van der Waals surface area contributed by atoms with E-state index in [-0.39, 0.29) is 0 Å². The topological polar surface area (TPSA) is 64.9 Å². The van der Waals surface area contributed by atoms with Gasteiger partial charge in [0.2, 0.25) is 0 Å². The molecule has 1 N–H and O–H groups in total. The third-order valence-corrected chi connectivity index (χ3v) is 4.71. The Hall–Kier alpha value is -2.68. The number of aromatic nitrogens is 4. The van der Waals surface area contributed by atoms with Crippen LogP contribution in [-0.2, 0) is 6.54 Å². The molecule has 0 saturated heterocycles. The Labute approximate surface area is 164 Å². The smallest absolute Gasteiger partial charge is 0.168 e. The molecule has 0 radical (unpaired) electrons. The van der Waals surface area contributed by atoms with Crippen LogP contribution in [0.15, 0.2) is 61.1 Å². The fraction of sp³-hybridized carbons (Fsp3) is 0.105. The largest absolute Gasteiger partial charge is 0.497 e. The zero-order valence-electron chi connectivity index (χ0n) is 14.1. The molecule has 7 heteroatoms. The average Bonchev–Trinajstić information content (AvgIpc) is 3.11. The van der Waals surface area contributed by atoms with Crippen LogP contribution in [0.2, 0.25) is 0 Å². The summed E-state index contributed by atoms with van der Waals surface area (Å²) >= 11 is 2.29. The Bertz CT molecular complexity index is 1050. The highest BCUT2D eigenvalue weighted by Crippen LogP contribution is 2.23. The summed E-state index contributed by atoms with van der Waals surface area (Å²) in [7, 11) is 1.66. The number of nitrogens with one attached hydrogen (secondary N) is 1. The van der Waals surface area contributed by atoms with E-state index in [0.717, 1.165) is 37.4 Å². The number of fused-ring (bicyclic) bond motifs is 1. The number of rotatable bonds is 5. The maximum Gasteiger partial charge on any atom is 0.168 e. The molecule has 4 aromatic rings. The SMILES string of the molecule is COc1ccc(CNc2ncnc3c2cnn3-c2cccc(I)c2)cc1. The fourth-order valence-electron chi connectivity index (χ4n) is 2.71. The fourth-order valence-corrected chi connectivity index (χ4v) is 3.24. The summed E-state index contributed by atoms with van der Waals surface area (Å²) in [5.41, 5.74) is 2.90. The lowest BCUT2D eigenvalue weighted by Crippen LogP contribution is -2.03. The van der Waals surface area contributed by atoms with Crippen LogP contribution in [0, 0.1) is 3.57 Å². The van der Waals surface area contributed by atoms with E-state index in [4.69, 9.17) is 4.74 Å². The van der Waals surface area contributed by atoms with Crippen LogP contribution in [0.25, 0.3) is 16.7 Å². The second-order valence-corrected chi connectivity index (χ2v) is 6.94. The van der Waals surface area contributed by atoms with Gasteiger partial charge >= 0.3 is 0 Å². The molecular weight excluding hydrogens is 441 g/mol. The Morgan fingerprint density at radius 1 is 1.12 bits per heavy atom. The van der Waals surface area contributed by atoms with Gasteiger partial charge in [-0.25, -0.2) is 14.6 Å². The van der Waals surface area contributed by atoms with Gasteiger partial charge in [0.05, 0.1) is 24.4 Å². The van der Waals surface area contributed by atoms with Gasteiger partial charge in [-0.2, -0.15) is 5.10 Å². The summed E-state index contributed by atoms with van der Waals surface area (Å²) < 4.78 is 8.17. The molecule has 0 saturated carbocycles. The van der Waals surface area contributed by atoms with E-state index in [0.29, 0.717) is 6.54 Å². The minimum absolute atomic E-state index is 0.657. The number of benzene rings is 2. The van der Waals surface area contributed by atoms with E-state index in [1.165, 1.54) is 0 Å². The third-order valence-electron chi connectivity index (χ3n) is 4.04. The monoisotopic (exact) mass is 457 g/mol. The van der Waals surface area contributed by atoms with Crippen molar-refractivity contribution in [3.8, 4) is 11.4 Å². The number of nitrogens with zero attached hydrogens (tertiary/aromatic N) is 4. The van der Waals surface area contributed by atoms with E-state index in [1.54, 1.807) is 19.6 Å². The molecular formula is C19H16IN5O. The summed E-state index contributed by atoms with van der Waals surface area (Å²) in [4.78, 5) is 8.79. The molecule has 0 spiro atoms. The molecule has 6 nitrogen and oxygen atoms in total. The highest BCUT2D eigenvalue weighted by Gasteiger charge is 2.11. The Morgan fingerprint density at radius 3 is 2.73 bits per heavy atom. The van der Waals surface area contributed by atoms with Gasteiger partial charge in [0, 0.05) is 10.1 Å². The maximum atomic E-state index is 5.19. The highest BCUT2D eigenvalue weighted by atomic mass is 127. The molecule has 4 rings (SSSR count). The first kappa shape index (κ1) is 16.8. The zero-order valence-corrected chi connectivity index (χ0v) is 16.2. The second kappa shape index (κ2) is 7.28. The molecule has 0 fully saturated rings. The van der Waals surface area contributed by atoms with Crippen molar-refractivity contribution >= 4 is 39.4 Å². The van der Waals surface area contributed by atoms with Gasteiger partial charge in [-0.05, 0) is 58.5 Å². The molecule has 0 atom stereocenters. The first-order valence-corrected chi connectivity index (χ1v) is 9.14. The molecule has 130 valence electrons. The maximum absolute atomic E-state index is 5.19. The van der Waals surface area contributed by atoms with Gasteiger partial charge in [-0.15, -0.1) is 0 Å². The lowest BCUT2D eigenvalue weighted by atomic mass is 10.2.